The monoisotopic (exact) mass is 382 g/mol. The highest BCUT2D eigenvalue weighted by atomic mass is 32.2. The molecule has 0 amide bonds. The Balaban J connectivity index is 1.79. The number of nitrogens with one attached hydrogen (secondary N) is 1. The number of ether oxygens (including phenoxy) is 1. The van der Waals surface area contributed by atoms with Crippen LogP contribution in [0.1, 0.15) is 11.1 Å². The van der Waals surface area contributed by atoms with E-state index in [4.69, 9.17) is 4.74 Å². The number of pyridine rings is 1. The molecule has 1 heterocycles. The van der Waals surface area contributed by atoms with Gasteiger partial charge in [0.15, 0.2) is 0 Å². The van der Waals surface area contributed by atoms with Crippen molar-refractivity contribution in [3.05, 3.63) is 78.1 Å². The fraction of sp³-hybridized carbons (Fsp3) is 0.190. The minimum Gasteiger partial charge on any atom is -0.492 e. The molecular formula is C21H22N2O3S. The molecule has 0 aliphatic rings. The van der Waals surface area contributed by atoms with Crippen molar-refractivity contribution in [2.45, 2.75) is 13.3 Å². The maximum absolute atomic E-state index is 11.4. The number of aromatic nitrogens is 1. The van der Waals surface area contributed by atoms with Gasteiger partial charge in [-0.1, -0.05) is 36.4 Å². The quantitative estimate of drug-likeness (QED) is 0.669. The number of hydrogen-bond donors (Lipinski definition) is 1. The largest absolute Gasteiger partial charge is 0.492 e. The topological polar surface area (TPSA) is 68.3 Å². The highest BCUT2D eigenvalue weighted by Crippen LogP contribution is 2.33. The molecule has 1 N–H and O–H groups in total. The van der Waals surface area contributed by atoms with E-state index in [0.29, 0.717) is 12.3 Å². The number of benzene rings is 2. The van der Waals surface area contributed by atoms with Gasteiger partial charge in [-0.05, 0) is 41.8 Å². The second-order valence-electron chi connectivity index (χ2n) is 6.36. The van der Waals surface area contributed by atoms with E-state index in [1.54, 1.807) is 24.5 Å². The van der Waals surface area contributed by atoms with Crippen molar-refractivity contribution in [2.75, 3.05) is 17.6 Å². The highest BCUT2D eigenvalue weighted by molar-refractivity contribution is 7.92. The molecule has 0 aliphatic heterocycles. The summed E-state index contributed by atoms with van der Waals surface area (Å²) in [6.07, 6.45) is 5.43. The molecule has 3 aromatic rings. The van der Waals surface area contributed by atoms with Crippen LogP contribution in [0.15, 0.2) is 67.0 Å². The molecule has 5 nitrogen and oxygen atoms in total. The Morgan fingerprint density at radius 2 is 1.81 bits per heavy atom. The molecule has 6 heteroatoms. The van der Waals surface area contributed by atoms with E-state index in [-0.39, 0.29) is 0 Å². The van der Waals surface area contributed by atoms with E-state index in [0.717, 1.165) is 35.1 Å². The van der Waals surface area contributed by atoms with E-state index in [9.17, 15) is 8.42 Å². The minimum atomic E-state index is -3.31. The van der Waals surface area contributed by atoms with Crippen molar-refractivity contribution in [3.8, 4) is 16.9 Å². The zero-order chi connectivity index (χ0) is 19.3. The van der Waals surface area contributed by atoms with Crippen LogP contribution in [0.4, 0.5) is 5.69 Å². The first-order valence-corrected chi connectivity index (χ1v) is 10.5. The van der Waals surface area contributed by atoms with E-state index in [2.05, 4.69) is 21.8 Å². The molecule has 3 rings (SSSR count). The Hall–Kier alpha value is -2.86. The Bertz CT molecular complexity index is 1020. The zero-order valence-electron chi connectivity index (χ0n) is 15.3. The molecule has 0 bridgehead atoms. The van der Waals surface area contributed by atoms with Crippen LogP contribution >= 0.6 is 0 Å². The van der Waals surface area contributed by atoms with E-state index >= 15 is 0 Å². The summed E-state index contributed by atoms with van der Waals surface area (Å²) in [5.74, 6) is 0.757. The number of rotatable bonds is 7. The number of aryl methyl sites for hydroxylation is 1. The average Bonchev–Trinajstić information content (AvgIpc) is 2.62. The first kappa shape index (κ1) is 18.9. The van der Waals surface area contributed by atoms with Crippen LogP contribution in [-0.4, -0.2) is 26.3 Å². The summed E-state index contributed by atoms with van der Waals surface area (Å²) in [4.78, 5) is 4.22. The van der Waals surface area contributed by atoms with Gasteiger partial charge in [-0.25, -0.2) is 8.42 Å². The molecular weight excluding hydrogens is 360 g/mol. The van der Waals surface area contributed by atoms with Gasteiger partial charge in [0.25, 0.3) is 0 Å². The summed E-state index contributed by atoms with van der Waals surface area (Å²) in [6.45, 7) is 2.50. The molecule has 0 unspecified atom stereocenters. The number of hydrogen-bond acceptors (Lipinski definition) is 4. The van der Waals surface area contributed by atoms with Gasteiger partial charge in [-0.2, -0.15) is 0 Å². The van der Waals surface area contributed by atoms with E-state index in [1.165, 1.54) is 5.56 Å². The molecule has 0 aliphatic carbocycles. The van der Waals surface area contributed by atoms with E-state index in [1.807, 2.05) is 37.3 Å². The summed E-state index contributed by atoms with van der Waals surface area (Å²) in [5.41, 5.74) is 4.53. The SMILES string of the molecule is Cc1cc(NS(C)(=O)=O)ccc1-c1cnccc1OCCc1ccccc1. The van der Waals surface area contributed by atoms with Gasteiger partial charge >= 0.3 is 0 Å². The molecule has 0 saturated carbocycles. The van der Waals surface area contributed by atoms with Crippen LogP contribution < -0.4 is 9.46 Å². The summed E-state index contributed by atoms with van der Waals surface area (Å²) in [6, 6.07) is 17.5. The van der Waals surface area contributed by atoms with Crippen LogP contribution in [0.3, 0.4) is 0 Å². The third kappa shape index (κ3) is 5.31. The summed E-state index contributed by atoms with van der Waals surface area (Å²) < 4.78 is 31.3. The lowest BCUT2D eigenvalue weighted by Gasteiger charge is -2.14. The molecule has 140 valence electrons. The standard InChI is InChI=1S/C21H22N2O3S/c1-16-14-18(23-27(2,24)25)8-9-19(16)20-15-22-12-10-21(20)26-13-11-17-6-4-3-5-7-17/h3-10,12,14-15,23H,11,13H2,1-2H3. The van der Waals surface area contributed by atoms with Crippen molar-refractivity contribution < 1.29 is 13.2 Å². The van der Waals surface area contributed by atoms with Gasteiger partial charge < -0.3 is 4.74 Å². The Morgan fingerprint density at radius 1 is 1.04 bits per heavy atom. The summed E-state index contributed by atoms with van der Waals surface area (Å²) in [7, 11) is -3.31. The maximum atomic E-state index is 11.4. The fourth-order valence-electron chi connectivity index (χ4n) is 2.88. The molecule has 0 radical (unpaired) electrons. The van der Waals surface area contributed by atoms with Crippen molar-refractivity contribution in [2.24, 2.45) is 0 Å². The number of anilines is 1. The second-order valence-corrected chi connectivity index (χ2v) is 8.11. The summed E-state index contributed by atoms with van der Waals surface area (Å²) in [5, 5.41) is 0. The first-order chi connectivity index (χ1) is 12.9. The van der Waals surface area contributed by atoms with Crippen molar-refractivity contribution in [1.29, 1.82) is 0 Å². The van der Waals surface area contributed by atoms with Gasteiger partial charge in [-0.15, -0.1) is 0 Å². The molecule has 0 fully saturated rings. The second kappa shape index (κ2) is 8.22. The third-order valence-corrected chi connectivity index (χ3v) is 4.70. The van der Waals surface area contributed by atoms with Crippen LogP contribution in [-0.2, 0) is 16.4 Å². The maximum Gasteiger partial charge on any atom is 0.229 e. The predicted octanol–water partition coefficient (Wildman–Crippen LogP) is 4.05. The number of sulfonamides is 1. The minimum absolute atomic E-state index is 0.536. The highest BCUT2D eigenvalue weighted by Gasteiger charge is 2.11. The molecule has 0 saturated heterocycles. The smallest absolute Gasteiger partial charge is 0.229 e. The summed E-state index contributed by atoms with van der Waals surface area (Å²) >= 11 is 0. The van der Waals surface area contributed by atoms with Crippen molar-refractivity contribution in [3.63, 3.8) is 0 Å². The van der Waals surface area contributed by atoms with Crippen molar-refractivity contribution >= 4 is 15.7 Å². The predicted molar refractivity (Wildman–Crippen MR) is 109 cm³/mol. The molecule has 27 heavy (non-hydrogen) atoms. The first-order valence-electron chi connectivity index (χ1n) is 8.62. The van der Waals surface area contributed by atoms with Gasteiger partial charge in [0.2, 0.25) is 10.0 Å². The Kier molecular flexibility index (Phi) is 5.76. The van der Waals surface area contributed by atoms with Crippen LogP contribution in [0.5, 0.6) is 5.75 Å². The van der Waals surface area contributed by atoms with Crippen LogP contribution in [0, 0.1) is 6.92 Å². The molecule has 0 spiro atoms. The van der Waals surface area contributed by atoms with Gasteiger partial charge in [0.05, 0.1) is 12.9 Å². The number of nitrogens with zero attached hydrogens (tertiary/aromatic N) is 1. The third-order valence-electron chi connectivity index (χ3n) is 4.09. The lowest BCUT2D eigenvalue weighted by Crippen LogP contribution is -2.09. The van der Waals surface area contributed by atoms with Gasteiger partial charge in [0, 0.05) is 30.1 Å². The van der Waals surface area contributed by atoms with Gasteiger partial charge in [-0.3, -0.25) is 9.71 Å². The average molecular weight is 382 g/mol. The van der Waals surface area contributed by atoms with E-state index < -0.39 is 10.0 Å². The zero-order valence-corrected chi connectivity index (χ0v) is 16.2. The van der Waals surface area contributed by atoms with Crippen LogP contribution in [0.2, 0.25) is 0 Å². The lowest BCUT2D eigenvalue weighted by atomic mass is 10.0. The normalized spacial score (nSPS) is 11.2. The van der Waals surface area contributed by atoms with Crippen LogP contribution in [0.25, 0.3) is 11.1 Å². The van der Waals surface area contributed by atoms with Crippen molar-refractivity contribution in [1.82, 2.24) is 4.98 Å². The Morgan fingerprint density at radius 3 is 2.52 bits per heavy atom. The lowest BCUT2D eigenvalue weighted by molar-refractivity contribution is 0.323. The molecule has 2 aromatic carbocycles. The molecule has 1 aromatic heterocycles. The Labute approximate surface area is 160 Å². The van der Waals surface area contributed by atoms with Gasteiger partial charge in [0.1, 0.15) is 5.75 Å². The molecule has 0 atom stereocenters. The fourth-order valence-corrected chi connectivity index (χ4v) is 3.43.